The lowest BCUT2D eigenvalue weighted by molar-refractivity contribution is -0.191. The molecule has 1 saturated carbocycles. The number of carbonyl (C=O) groups is 4. The molecular formula is C29H26O18. The summed E-state index contributed by atoms with van der Waals surface area (Å²) in [5.41, 5.74) is -4.39. The Balaban J connectivity index is 1.78. The van der Waals surface area contributed by atoms with Crippen LogP contribution in [-0.4, -0.2) is 106 Å². The molecule has 0 bridgehead atoms. The van der Waals surface area contributed by atoms with Crippen LogP contribution in [0.25, 0.3) is 0 Å². The number of benzene rings is 3. The van der Waals surface area contributed by atoms with Crippen LogP contribution >= 0.6 is 0 Å². The molecule has 3 aromatic rings. The molecule has 2 atom stereocenters. The first kappa shape index (κ1) is 33.6. The topological polar surface area (TPSA) is 308 Å². The third kappa shape index (κ3) is 6.71. The fraction of sp³-hybridized carbons (Fsp3) is 0.241. The second-order valence-electron chi connectivity index (χ2n) is 10.3. The molecule has 10 N–H and O–H groups in total. The highest BCUT2D eigenvalue weighted by atomic mass is 16.6. The highest BCUT2D eigenvalue weighted by molar-refractivity contribution is 5.93. The first-order valence-electron chi connectivity index (χ1n) is 13.1. The van der Waals surface area contributed by atoms with Gasteiger partial charge in [0.15, 0.2) is 63.5 Å². The lowest BCUT2D eigenvalue weighted by Gasteiger charge is -2.42. The van der Waals surface area contributed by atoms with Crippen molar-refractivity contribution in [3.05, 3.63) is 53.1 Å². The van der Waals surface area contributed by atoms with Crippen LogP contribution in [0.1, 0.15) is 43.9 Å². The second-order valence-corrected chi connectivity index (χ2v) is 10.3. The monoisotopic (exact) mass is 662 g/mol. The molecule has 0 amide bonds. The second kappa shape index (κ2) is 12.6. The van der Waals surface area contributed by atoms with E-state index in [0.29, 0.717) is 36.4 Å². The van der Waals surface area contributed by atoms with Crippen LogP contribution in [0.15, 0.2) is 36.4 Å². The Hall–Kier alpha value is -6.30. The van der Waals surface area contributed by atoms with E-state index in [2.05, 4.69) is 4.74 Å². The Bertz CT molecular complexity index is 1610. The number of methoxy groups -OCH3 is 1. The zero-order valence-electron chi connectivity index (χ0n) is 23.8. The van der Waals surface area contributed by atoms with E-state index >= 15 is 0 Å². The maximum atomic E-state index is 13.2. The van der Waals surface area contributed by atoms with Gasteiger partial charge in [-0.25, -0.2) is 19.2 Å². The summed E-state index contributed by atoms with van der Waals surface area (Å²) >= 11 is 0. The van der Waals surface area contributed by atoms with Crippen LogP contribution in [0.5, 0.6) is 51.7 Å². The Morgan fingerprint density at radius 1 is 0.553 bits per heavy atom. The number of phenolic OH excluding ortho intramolecular Hbond substituents is 9. The van der Waals surface area contributed by atoms with Crippen molar-refractivity contribution in [3.63, 3.8) is 0 Å². The minimum Gasteiger partial charge on any atom is -0.504 e. The van der Waals surface area contributed by atoms with Gasteiger partial charge in [-0.3, -0.25) is 0 Å². The van der Waals surface area contributed by atoms with Crippen molar-refractivity contribution >= 4 is 23.9 Å². The van der Waals surface area contributed by atoms with Crippen LogP contribution in [0.3, 0.4) is 0 Å². The summed E-state index contributed by atoms with van der Waals surface area (Å²) in [4.78, 5) is 52.1. The molecule has 0 aliphatic heterocycles. The van der Waals surface area contributed by atoms with Crippen molar-refractivity contribution in [2.45, 2.75) is 36.8 Å². The summed E-state index contributed by atoms with van der Waals surface area (Å²) in [5.74, 6) is -14.2. The quantitative estimate of drug-likeness (QED) is 0.0946. The molecule has 18 heteroatoms. The van der Waals surface area contributed by atoms with E-state index in [9.17, 15) is 70.2 Å². The van der Waals surface area contributed by atoms with Gasteiger partial charge in [0.2, 0.25) is 0 Å². The molecule has 18 nitrogen and oxygen atoms in total. The molecule has 0 radical (unpaired) electrons. The minimum absolute atomic E-state index is 0.591. The van der Waals surface area contributed by atoms with Gasteiger partial charge in [-0.2, -0.15) is 0 Å². The van der Waals surface area contributed by atoms with E-state index < -0.39 is 129 Å². The molecule has 4 rings (SSSR count). The van der Waals surface area contributed by atoms with E-state index in [1.54, 1.807) is 0 Å². The molecule has 0 saturated heterocycles. The molecule has 0 spiro atoms. The number of esters is 4. The molecule has 1 aliphatic rings. The largest absolute Gasteiger partial charge is 0.504 e. The summed E-state index contributed by atoms with van der Waals surface area (Å²) in [7, 11) is 0.891. The highest BCUT2D eigenvalue weighted by Gasteiger charge is 2.55. The first-order valence-corrected chi connectivity index (χ1v) is 13.1. The summed E-state index contributed by atoms with van der Waals surface area (Å²) in [5, 5.41) is 99.2. The summed E-state index contributed by atoms with van der Waals surface area (Å²) in [6, 6.07) is 4.07. The summed E-state index contributed by atoms with van der Waals surface area (Å²) < 4.78 is 20.8. The van der Waals surface area contributed by atoms with Crippen molar-refractivity contribution in [1.29, 1.82) is 0 Å². The summed E-state index contributed by atoms with van der Waals surface area (Å²) in [6.07, 6.45) is -7.58. The van der Waals surface area contributed by atoms with Gasteiger partial charge < -0.3 is 70.0 Å². The maximum Gasteiger partial charge on any atom is 0.338 e. The Labute approximate surface area is 262 Å². The van der Waals surface area contributed by atoms with E-state index in [1.165, 1.54) is 0 Å². The number of phenols is 9. The molecule has 0 heterocycles. The van der Waals surface area contributed by atoms with Gasteiger partial charge >= 0.3 is 23.9 Å². The molecule has 0 aromatic heterocycles. The predicted molar refractivity (Wildman–Crippen MR) is 148 cm³/mol. The van der Waals surface area contributed by atoms with Crippen molar-refractivity contribution in [1.82, 2.24) is 0 Å². The molecular weight excluding hydrogens is 636 g/mol. The maximum absolute atomic E-state index is 13.2. The fourth-order valence-electron chi connectivity index (χ4n) is 4.72. The van der Waals surface area contributed by atoms with Crippen LogP contribution < -0.4 is 0 Å². The number of carbonyl (C=O) groups excluding carboxylic acids is 4. The van der Waals surface area contributed by atoms with Crippen LogP contribution in [-0.2, 0) is 23.7 Å². The number of hydrogen-bond donors (Lipinski definition) is 10. The predicted octanol–water partition coefficient (Wildman–Crippen LogP) is 0.711. The third-order valence-corrected chi connectivity index (χ3v) is 7.05. The zero-order valence-corrected chi connectivity index (χ0v) is 23.8. The van der Waals surface area contributed by atoms with Crippen molar-refractivity contribution in [3.8, 4) is 51.7 Å². The minimum atomic E-state index is -2.61. The smallest absolute Gasteiger partial charge is 0.338 e. The SMILES string of the molecule is COC(=O)C1(O)C[C@@H](OC(=O)c2cc(O)c(O)c(O)c2)C(OC(=O)c2cc(O)c(O)c(O)c2)[C@H](OC(=O)c2cc(O)c(O)c(O)c2)C1. The van der Waals surface area contributed by atoms with Gasteiger partial charge in [0.1, 0.15) is 12.2 Å². The normalized spacial score (nSPS) is 20.5. The first-order chi connectivity index (χ1) is 21.9. The van der Waals surface area contributed by atoms with E-state index in [0.717, 1.165) is 7.11 Å². The molecule has 250 valence electrons. The highest BCUT2D eigenvalue weighted by Crippen LogP contribution is 2.41. The van der Waals surface area contributed by atoms with Crippen LogP contribution in [0, 0.1) is 0 Å². The van der Waals surface area contributed by atoms with E-state index in [4.69, 9.17) is 14.2 Å². The number of ether oxygens (including phenoxy) is 4. The van der Waals surface area contributed by atoms with Gasteiger partial charge in [0.25, 0.3) is 0 Å². The van der Waals surface area contributed by atoms with Gasteiger partial charge in [-0.15, -0.1) is 0 Å². The lowest BCUT2D eigenvalue weighted by Crippen LogP contribution is -2.59. The van der Waals surface area contributed by atoms with Gasteiger partial charge in [0, 0.05) is 12.8 Å². The Morgan fingerprint density at radius 2 is 0.830 bits per heavy atom. The molecule has 0 unspecified atom stereocenters. The summed E-state index contributed by atoms with van der Waals surface area (Å²) in [6.45, 7) is 0. The average molecular weight is 663 g/mol. The third-order valence-electron chi connectivity index (χ3n) is 7.05. The molecule has 1 aliphatic carbocycles. The molecule has 3 aromatic carbocycles. The Kier molecular flexibility index (Phi) is 9.00. The van der Waals surface area contributed by atoms with Gasteiger partial charge in [-0.05, 0) is 36.4 Å². The number of aliphatic hydroxyl groups is 1. The van der Waals surface area contributed by atoms with Gasteiger partial charge in [-0.1, -0.05) is 0 Å². The Morgan fingerprint density at radius 3 is 1.11 bits per heavy atom. The van der Waals surface area contributed by atoms with Crippen LogP contribution in [0.4, 0.5) is 0 Å². The van der Waals surface area contributed by atoms with Gasteiger partial charge in [0.05, 0.1) is 23.8 Å². The van der Waals surface area contributed by atoms with Crippen molar-refractivity contribution < 1.29 is 89.2 Å². The number of aromatic hydroxyl groups is 9. The van der Waals surface area contributed by atoms with E-state index in [1.807, 2.05) is 0 Å². The number of rotatable bonds is 7. The van der Waals surface area contributed by atoms with Crippen molar-refractivity contribution in [2.75, 3.05) is 7.11 Å². The fourth-order valence-corrected chi connectivity index (χ4v) is 4.72. The van der Waals surface area contributed by atoms with Crippen LogP contribution in [0.2, 0.25) is 0 Å². The lowest BCUT2D eigenvalue weighted by atomic mass is 9.79. The zero-order chi connectivity index (χ0) is 35.0. The number of hydrogen-bond acceptors (Lipinski definition) is 18. The van der Waals surface area contributed by atoms with Crippen molar-refractivity contribution in [2.24, 2.45) is 0 Å². The average Bonchev–Trinajstić information content (AvgIpc) is 3.01. The molecule has 1 fully saturated rings. The van der Waals surface area contributed by atoms with E-state index in [-0.39, 0.29) is 0 Å². The standard InChI is InChI=1S/C29H26O18/c1-44-28(42)29(43)8-19(45-25(39)10-2-13(30)21(36)14(31)3-10)24(47-27(41)12-6-17(34)23(38)18(35)7-12)20(9-29)46-26(40)11-4-15(32)22(37)16(33)5-11/h2-7,19-20,24,30-38,43H,8-9H2,1H3/t19-,20-,24?,29?/m1/s1. The molecule has 47 heavy (non-hydrogen) atoms.